The maximum Gasteiger partial charge on any atom is 0.164 e. The van der Waals surface area contributed by atoms with Crippen molar-refractivity contribution in [3.8, 4) is 56.4 Å². The minimum absolute atomic E-state index is 0.625. The van der Waals surface area contributed by atoms with Crippen LogP contribution in [0.15, 0.2) is 170 Å². The molecule has 0 atom stereocenters. The Bertz CT molecular complexity index is 2550. The molecule has 0 fully saturated rings. The summed E-state index contributed by atoms with van der Waals surface area (Å²) < 4.78 is 0. The van der Waals surface area contributed by atoms with Crippen LogP contribution in [0.5, 0.6) is 0 Å². The molecule has 0 bridgehead atoms. The molecule has 0 saturated heterocycles. The number of fused-ring (bicyclic) bond motifs is 4. The molecular weight excluding hydrogens is 585 g/mol. The van der Waals surface area contributed by atoms with Crippen LogP contribution in [0.4, 0.5) is 0 Å². The lowest BCUT2D eigenvalue weighted by Gasteiger charge is -2.14. The molecule has 2 aromatic heterocycles. The second-order valence-corrected chi connectivity index (χ2v) is 12.0. The molecule has 224 valence electrons. The Labute approximate surface area is 278 Å². The first-order valence-electron chi connectivity index (χ1n) is 16.0. The van der Waals surface area contributed by atoms with Gasteiger partial charge in [0.2, 0.25) is 0 Å². The highest BCUT2D eigenvalue weighted by atomic mass is 15.0. The molecule has 7 aromatic carbocycles. The first-order chi connectivity index (χ1) is 23.8. The van der Waals surface area contributed by atoms with Gasteiger partial charge in [-0.3, -0.25) is 4.98 Å². The van der Waals surface area contributed by atoms with Crippen molar-refractivity contribution in [1.29, 1.82) is 0 Å². The van der Waals surface area contributed by atoms with Crippen LogP contribution in [0.3, 0.4) is 0 Å². The average molecular weight is 613 g/mol. The van der Waals surface area contributed by atoms with Gasteiger partial charge in [0.25, 0.3) is 0 Å². The summed E-state index contributed by atoms with van der Waals surface area (Å²) in [5, 5.41) is 7.18. The van der Waals surface area contributed by atoms with E-state index in [1.807, 2.05) is 73.1 Å². The molecule has 0 aliphatic heterocycles. The van der Waals surface area contributed by atoms with Crippen LogP contribution in [0.25, 0.3) is 88.7 Å². The molecule has 0 N–H and O–H groups in total. The summed E-state index contributed by atoms with van der Waals surface area (Å²) in [5.41, 5.74) is 7.24. The zero-order valence-electron chi connectivity index (χ0n) is 26.0. The third-order valence-electron chi connectivity index (χ3n) is 8.96. The van der Waals surface area contributed by atoms with Gasteiger partial charge in [-0.2, -0.15) is 0 Å². The van der Waals surface area contributed by atoms with E-state index in [9.17, 15) is 0 Å². The fourth-order valence-corrected chi connectivity index (χ4v) is 6.58. The van der Waals surface area contributed by atoms with Crippen molar-refractivity contribution in [2.75, 3.05) is 0 Å². The van der Waals surface area contributed by atoms with Crippen LogP contribution in [0.2, 0.25) is 0 Å². The molecular formula is C44H28N4. The van der Waals surface area contributed by atoms with Crippen LogP contribution in [0.1, 0.15) is 0 Å². The van der Waals surface area contributed by atoms with Gasteiger partial charge in [-0.15, -0.1) is 0 Å². The summed E-state index contributed by atoms with van der Waals surface area (Å²) >= 11 is 0. The van der Waals surface area contributed by atoms with E-state index in [0.717, 1.165) is 49.7 Å². The number of pyridine rings is 1. The third kappa shape index (κ3) is 5.06. The smallest absolute Gasteiger partial charge is 0.164 e. The zero-order chi connectivity index (χ0) is 31.9. The second-order valence-electron chi connectivity index (χ2n) is 12.0. The summed E-state index contributed by atoms with van der Waals surface area (Å²) in [7, 11) is 0. The lowest BCUT2D eigenvalue weighted by atomic mass is 9.92. The molecule has 4 nitrogen and oxygen atoms in total. The average Bonchev–Trinajstić information content (AvgIpc) is 3.17. The van der Waals surface area contributed by atoms with E-state index in [0.29, 0.717) is 17.5 Å². The number of hydrogen-bond donors (Lipinski definition) is 0. The quantitative estimate of drug-likeness (QED) is 0.181. The predicted octanol–water partition coefficient (Wildman–Crippen LogP) is 11.1. The van der Waals surface area contributed by atoms with Crippen LogP contribution < -0.4 is 0 Å². The molecule has 0 aliphatic rings. The summed E-state index contributed by atoms with van der Waals surface area (Å²) in [5.74, 6) is 1.90. The van der Waals surface area contributed by atoms with Crippen molar-refractivity contribution in [1.82, 2.24) is 19.9 Å². The monoisotopic (exact) mass is 612 g/mol. The Balaban J connectivity index is 1.29. The normalized spacial score (nSPS) is 11.3. The zero-order valence-corrected chi connectivity index (χ0v) is 26.0. The van der Waals surface area contributed by atoms with Crippen molar-refractivity contribution >= 4 is 32.3 Å². The van der Waals surface area contributed by atoms with E-state index in [4.69, 9.17) is 15.0 Å². The van der Waals surface area contributed by atoms with Crippen molar-refractivity contribution in [3.05, 3.63) is 170 Å². The summed E-state index contributed by atoms with van der Waals surface area (Å²) in [6.07, 6.45) is 3.77. The number of benzene rings is 7. The summed E-state index contributed by atoms with van der Waals surface area (Å²) in [4.78, 5) is 19.5. The van der Waals surface area contributed by atoms with Gasteiger partial charge in [-0.05, 0) is 79.5 Å². The van der Waals surface area contributed by atoms with Crippen molar-refractivity contribution in [2.45, 2.75) is 0 Å². The third-order valence-corrected chi connectivity index (χ3v) is 8.96. The van der Waals surface area contributed by atoms with E-state index >= 15 is 0 Å². The Morgan fingerprint density at radius 3 is 1.69 bits per heavy atom. The lowest BCUT2D eigenvalue weighted by molar-refractivity contribution is 1.07. The molecule has 0 amide bonds. The van der Waals surface area contributed by atoms with Gasteiger partial charge in [-0.1, -0.05) is 127 Å². The van der Waals surface area contributed by atoms with Gasteiger partial charge in [0.15, 0.2) is 17.5 Å². The lowest BCUT2D eigenvalue weighted by Crippen LogP contribution is -2.00. The van der Waals surface area contributed by atoms with Gasteiger partial charge in [-0.25, -0.2) is 15.0 Å². The fourth-order valence-electron chi connectivity index (χ4n) is 6.58. The molecule has 4 heteroatoms. The molecule has 0 unspecified atom stereocenters. The minimum atomic E-state index is 0.625. The molecule has 9 aromatic rings. The number of rotatable bonds is 5. The number of nitrogens with zero attached hydrogens (tertiary/aromatic N) is 4. The Morgan fingerprint density at radius 1 is 0.312 bits per heavy atom. The van der Waals surface area contributed by atoms with Crippen LogP contribution in [-0.4, -0.2) is 19.9 Å². The predicted molar refractivity (Wildman–Crippen MR) is 197 cm³/mol. The number of hydrogen-bond acceptors (Lipinski definition) is 4. The maximum absolute atomic E-state index is 5.08. The fraction of sp³-hybridized carbons (Fsp3) is 0. The second kappa shape index (κ2) is 11.7. The van der Waals surface area contributed by atoms with Crippen molar-refractivity contribution in [2.24, 2.45) is 0 Å². The molecule has 48 heavy (non-hydrogen) atoms. The van der Waals surface area contributed by atoms with Gasteiger partial charge in [0.05, 0.1) is 0 Å². The van der Waals surface area contributed by atoms with Crippen LogP contribution >= 0.6 is 0 Å². The minimum Gasteiger partial charge on any atom is -0.264 e. The Hall–Kier alpha value is -6.52. The SMILES string of the molecule is c1ccc(-c2nc(-c3ccccc3)nc(-c3cc(-c4ccc5c(ccc6ccccc65)c4)cc(-c4cccc5cnccc45)c3)n2)cc1. The number of aromatic nitrogens is 4. The Kier molecular flexibility index (Phi) is 6.76. The topological polar surface area (TPSA) is 51.6 Å². The highest BCUT2D eigenvalue weighted by molar-refractivity contribution is 6.08. The van der Waals surface area contributed by atoms with E-state index in [1.165, 1.54) is 21.5 Å². The largest absolute Gasteiger partial charge is 0.264 e. The first kappa shape index (κ1) is 27.8. The molecule has 0 radical (unpaired) electrons. The maximum atomic E-state index is 5.08. The molecule has 2 heterocycles. The van der Waals surface area contributed by atoms with E-state index in [-0.39, 0.29) is 0 Å². The van der Waals surface area contributed by atoms with E-state index in [2.05, 4.69) is 102 Å². The summed E-state index contributed by atoms with van der Waals surface area (Å²) in [6, 6.07) is 55.1. The highest BCUT2D eigenvalue weighted by Crippen LogP contribution is 2.37. The molecule has 0 spiro atoms. The van der Waals surface area contributed by atoms with Gasteiger partial charge in [0, 0.05) is 34.5 Å². The van der Waals surface area contributed by atoms with Gasteiger partial charge in [0.1, 0.15) is 0 Å². The van der Waals surface area contributed by atoms with Crippen molar-refractivity contribution in [3.63, 3.8) is 0 Å². The first-order valence-corrected chi connectivity index (χ1v) is 16.0. The van der Waals surface area contributed by atoms with Crippen molar-refractivity contribution < 1.29 is 0 Å². The Morgan fingerprint density at radius 2 is 0.917 bits per heavy atom. The van der Waals surface area contributed by atoms with E-state index in [1.54, 1.807) is 0 Å². The summed E-state index contributed by atoms with van der Waals surface area (Å²) in [6.45, 7) is 0. The molecule has 0 aliphatic carbocycles. The van der Waals surface area contributed by atoms with Crippen LogP contribution in [-0.2, 0) is 0 Å². The highest BCUT2D eigenvalue weighted by Gasteiger charge is 2.16. The molecule has 9 rings (SSSR count). The molecule has 0 saturated carbocycles. The standard InChI is InChI=1S/C44H28N4/c1-3-11-30(12-4-1)42-46-43(31-13-5-2-6-14-31)48-44(47-42)37-26-35(25-36(27-37)39-17-9-15-34-28-45-23-22-41(34)39)32-20-21-40-33(24-32)19-18-29-10-7-8-16-38(29)40/h1-28H. The van der Waals surface area contributed by atoms with E-state index < -0.39 is 0 Å². The van der Waals surface area contributed by atoms with Gasteiger partial charge >= 0.3 is 0 Å². The van der Waals surface area contributed by atoms with Crippen LogP contribution in [0, 0.1) is 0 Å². The van der Waals surface area contributed by atoms with Gasteiger partial charge < -0.3 is 0 Å².